The molecule has 1 heterocycles. The van der Waals surface area contributed by atoms with Gasteiger partial charge in [-0.2, -0.15) is 0 Å². The number of nitrogens with one attached hydrogen (secondary N) is 1. The van der Waals surface area contributed by atoms with Crippen LogP contribution in [0.15, 0.2) is 0 Å². The van der Waals surface area contributed by atoms with Gasteiger partial charge in [-0.3, -0.25) is 4.79 Å². The molecule has 0 radical (unpaired) electrons. The molecule has 3 N–H and O–H groups in total. The Hall–Kier alpha value is -0.610. The van der Waals surface area contributed by atoms with Gasteiger partial charge in [-0.1, -0.05) is 6.92 Å². The average Bonchev–Trinajstić information content (AvgIpc) is 2.48. The molecule has 2 rings (SSSR count). The molecular weight excluding hydrogens is 180 g/mol. The van der Waals surface area contributed by atoms with Crippen molar-refractivity contribution < 1.29 is 9.53 Å². The van der Waals surface area contributed by atoms with E-state index >= 15 is 0 Å². The minimum Gasteiger partial charge on any atom is -0.379 e. The van der Waals surface area contributed by atoms with E-state index in [1.54, 1.807) is 0 Å². The Morgan fingerprint density at radius 1 is 1.50 bits per heavy atom. The van der Waals surface area contributed by atoms with E-state index in [4.69, 9.17) is 10.5 Å². The summed E-state index contributed by atoms with van der Waals surface area (Å²) in [5, 5.41) is 2.98. The van der Waals surface area contributed by atoms with Crippen molar-refractivity contribution in [3.63, 3.8) is 0 Å². The highest BCUT2D eigenvalue weighted by Gasteiger charge is 2.41. The first-order valence-corrected chi connectivity index (χ1v) is 5.29. The summed E-state index contributed by atoms with van der Waals surface area (Å²) in [5.74, 6) is 0.411. The minimum atomic E-state index is -0.581. The number of carbonyl (C=O) groups is 1. The van der Waals surface area contributed by atoms with Gasteiger partial charge in [0.2, 0.25) is 5.91 Å². The van der Waals surface area contributed by atoms with Crippen LogP contribution in [-0.4, -0.2) is 30.7 Å². The summed E-state index contributed by atoms with van der Waals surface area (Å²) in [6.07, 6.45) is 2.71. The molecule has 1 aliphatic heterocycles. The molecule has 0 aromatic heterocycles. The van der Waals surface area contributed by atoms with Crippen molar-refractivity contribution in [2.45, 2.75) is 37.8 Å². The van der Waals surface area contributed by atoms with Crippen LogP contribution in [0, 0.1) is 5.92 Å². The number of hydrogen-bond donors (Lipinski definition) is 2. The Morgan fingerprint density at radius 3 is 2.64 bits per heavy atom. The number of hydrogen-bond acceptors (Lipinski definition) is 3. The second kappa shape index (κ2) is 3.51. The third-order valence-corrected chi connectivity index (χ3v) is 3.38. The largest absolute Gasteiger partial charge is 0.379 e. The lowest BCUT2D eigenvalue weighted by molar-refractivity contribution is -0.130. The van der Waals surface area contributed by atoms with E-state index in [0.717, 1.165) is 25.9 Å². The fraction of sp³-hybridized carbons (Fsp3) is 0.900. The van der Waals surface area contributed by atoms with E-state index in [1.165, 1.54) is 0 Å². The Bertz CT molecular complexity index is 238. The summed E-state index contributed by atoms with van der Waals surface area (Å²) < 4.78 is 5.28. The Kier molecular flexibility index (Phi) is 2.49. The number of ether oxygens (including phenoxy) is 1. The predicted octanol–water partition coefficient (Wildman–Crippen LogP) is 0.0189. The van der Waals surface area contributed by atoms with E-state index in [-0.39, 0.29) is 11.9 Å². The second-order valence-corrected chi connectivity index (χ2v) is 4.60. The molecule has 2 unspecified atom stereocenters. The first kappa shape index (κ1) is 9.93. The van der Waals surface area contributed by atoms with E-state index in [9.17, 15) is 4.79 Å². The maximum Gasteiger partial charge on any atom is 0.240 e. The number of carbonyl (C=O) groups excluding carboxylic acids is 1. The first-order valence-electron chi connectivity index (χ1n) is 5.29. The van der Waals surface area contributed by atoms with Gasteiger partial charge in [0.15, 0.2) is 0 Å². The van der Waals surface area contributed by atoms with Crippen molar-refractivity contribution in [3.05, 3.63) is 0 Å². The molecule has 14 heavy (non-hydrogen) atoms. The van der Waals surface area contributed by atoms with Crippen LogP contribution in [0.25, 0.3) is 0 Å². The third kappa shape index (κ3) is 1.64. The Balaban J connectivity index is 1.87. The van der Waals surface area contributed by atoms with Crippen LogP contribution in [0.4, 0.5) is 0 Å². The molecular formula is C10H18N2O2. The molecule has 0 spiro atoms. The van der Waals surface area contributed by atoms with Crippen LogP contribution in [0.5, 0.6) is 0 Å². The normalized spacial score (nSPS) is 35.0. The molecule has 1 saturated heterocycles. The third-order valence-electron chi connectivity index (χ3n) is 3.38. The van der Waals surface area contributed by atoms with Gasteiger partial charge in [-0.25, -0.2) is 0 Å². The zero-order valence-electron chi connectivity index (χ0n) is 8.58. The van der Waals surface area contributed by atoms with Crippen LogP contribution < -0.4 is 11.1 Å². The molecule has 4 nitrogen and oxygen atoms in total. The quantitative estimate of drug-likeness (QED) is 0.657. The lowest BCUT2D eigenvalue weighted by atomic mass is 9.77. The molecule has 1 amide bonds. The average molecular weight is 198 g/mol. The summed E-state index contributed by atoms with van der Waals surface area (Å²) in [5.41, 5.74) is 5.34. The molecule has 1 saturated carbocycles. The van der Waals surface area contributed by atoms with Crippen molar-refractivity contribution >= 4 is 5.91 Å². The van der Waals surface area contributed by atoms with Gasteiger partial charge < -0.3 is 15.8 Å². The van der Waals surface area contributed by atoms with E-state index in [1.807, 2.05) is 0 Å². The predicted molar refractivity (Wildman–Crippen MR) is 52.7 cm³/mol. The maximum absolute atomic E-state index is 11.8. The molecule has 4 heteroatoms. The summed E-state index contributed by atoms with van der Waals surface area (Å²) in [7, 11) is 0. The maximum atomic E-state index is 11.8. The van der Waals surface area contributed by atoms with Gasteiger partial charge >= 0.3 is 0 Å². The highest BCUT2D eigenvalue weighted by Crippen LogP contribution is 2.29. The fourth-order valence-electron chi connectivity index (χ4n) is 1.94. The van der Waals surface area contributed by atoms with Gasteiger partial charge in [0, 0.05) is 5.92 Å². The van der Waals surface area contributed by atoms with Crippen molar-refractivity contribution in [3.8, 4) is 0 Å². The summed E-state index contributed by atoms with van der Waals surface area (Å²) in [4.78, 5) is 11.8. The van der Waals surface area contributed by atoms with Crippen molar-refractivity contribution in [2.24, 2.45) is 11.7 Å². The van der Waals surface area contributed by atoms with Crippen LogP contribution in [0.3, 0.4) is 0 Å². The smallest absolute Gasteiger partial charge is 0.240 e. The van der Waals surface area contributed by atoms with Gasteiger partial charge in [0.05, 0.1) is 24.8 Å². The Morgan fingerprint density at radius 2 is 2.21 bits per heavy atom. The zero-order chi connectivity index (χ0) is 10.2. The van der Waals surface area contributed by atoms with Crippen molar-refractivity contribution in [1.29, 1.82) is 0 Å². The number of amides is 1. The molecule has 0 aromatic carbocycles. The van der Waals surface area contributed by atoms with Crippen molar-refractivity contribution in [1.82, 2.24) is 5.32 Å². The summed E-state index contributed by atoms with van der Waals surface area (Å²) in [6.45, 7) is 3.45. The van der Waals surface area contributed by atoms with E-state index in [2.05, 4.69) is 12.2 Å². The minimum absolute atomic E-state index is 0.00565. The Labute approximate surface area is 84.2 Å². The summed E-state index contributed by atoms with van der Waals surface area (Å²) in [6, 6.07) is 0.156. The standard InChI is InChI=1S/C10H18N2O2/c1-7-5-14-6-8(7)12-9(13)10(11)3-2-4-10/h7-8H,2-6,11H2,1H3,(H,12,13). The summed E-state index contributed by atoms with van der Waals surface area (Å²) >= 11 is 0. The van der Waals surface area contributed by atoms with Crippen LogP contribution in [0.2, 0.25) is 0 Å². The van der Waals surface area contributed by atoms with Gasteiger partial charge in [-0.15, -0.1) is 0 Å². The molecule has 1 aliphatic carbocycles. The lowest BCUT2D eigenvalue weighted by Crippen LogP contribution is -2.60. The van der Waals surface area contributed by atoms with Crippen LogP contribution >= 0.6 is 0 Å². The highest BCUT2D eigenvalue weighted by molar-refractivity contribution is 5.87. The molecule has 80 valence electrons. The van der Waals surface area contributed by atoms with E-state index in [0.29, 0.717) is 12.5 Å². The SMILES string of the molecule is CC1COCC1NC(=O)C1(N)CCC1. The second-order valence-electron chi connectivity index (χ2n) is 4.60. The van der Waals surface area contributed by atoms with Crippen LogP contribution in [-0.2, 0) is 9.53 Å². The lowest BCUT2D eigenvalue weighted by Gasteiger charge is -2.37. The molecule has 0 bridgehead atoms. The highest BCUT2D eigenvalue weighted by atomic mass is 16.5. The van der Waals surface area contributed by atoms with Gasteiger partial charge in [0.25, 0.3) is 0 Å². The zero-order valence-corrected chi connectivity index (χ0v) is 8.58. The number of nitrogens with two attached hydrogens (primary N) is 1. The van der Waals surface area contributed by atoms with Crippen LogP contribution in [0.1, 0.15) is 26.2 Å². The van der Waals surface area contributed by atoms with E-state index < -0.39 is 5.54 Å². The fourth-order valence-corrected chi connectivity index (χ4v) is 1.94. The van der Waals surface area contributed by atoms with Crippen molar-refractivity contribution in [2.75, 3.05) is 13.2 Å². The van der Waals surface area contributed by atoms with Gasteiger partial charge in [-0.05, 0) is 19.3 Å². The topological polar surface area (TPSA) is 64.3 Å². The molecule has 2 fully saturated rings. The first-order chi connectivity index (χ1) is 6.62. The number of rotatable bonds is 2. The molecule has 2 atom stereocenters. The van der Waals surface area contributed by atoms with Gasteiger partial charge in [0.1, 0.15) is 0 Å². The molecule has 2 aliphatic rings. The molecule has 0 aromatic rings. The monoisotopic (exact) mass is 198 g/mol.